The van der Waals surface area contributed by atoms with Crippen molar-refractivity contribution in [1.29, 1.82) is 0 Å². The summed E-state index contributed by atoms with van der Waals surface area (Å²) in [6.07, 6.45) is 5.04. The van der Waals surface area contributed by atoms with Crippen molar-refractivity contribution < 1.29 is 14.0 Å². The molecule has 9 heteroatoms. The van der Waals surface area contributed by atoms with Gasteiger partial charge in [0.1, 0.15) is 6.04 Å². The molecule has 0 bridgehead atoms. The highest BCUT2D eigenvalue weighted by Gasteiger charge is 2.45. The first-order chi connectivity index (χ1) is 13.9. The lowest BCUT2D eigenvalue weighted by molar-refractivity contribution is -0.133. The van der Waals surface area contributed by atoms with Crippen LogP contribution in [0.3, 0.4) is 0 Å². The van der Waals surface area contributed by atoms with E-state index in [0.717, 1.165) is 31.5 Å². The summed E-state index contributed by atoms with van der Waals surface area (Å²) in [4.78, 5) is 26.4. The summed E-state index contributed by atoms with van der Waals surface area (Å²) in [5.41, 5.74) is 2.47. The van der Waals surface area contributed by atoms with Crippen LogP contribution in [0.25, 0.3) is 11.5 Å². The lowest BCUT2D eigenvalue weighted by Crippen LogP contribution is -2.45. The maximum absolute atomic E-state index is 12.7. The van der Waals surface area contributed by atoms with Gasteiger partial charge in [-0.15, -0.1) is 5.10 Å². The molecule has 3 heterocycles. The Morgan fingerprint density at radius 1 is 1.28 bits per heavy atom. The second kappa shape index (κ2) is 6.73. The van der Waals surface area contributed by atoms with Gasteiger partial charge in [-0.25, -0.2) is 0 Å². The second-order valence-corrected chi connectivity index (χ2v) is 8.68. The zero-order chi connectivity index (χ0) is 20.2. The first-order valence-electron chi connectivity index (χ1n) is 9.95. The number of hydrogen-bond donors (Lipinski definition) is 2. The Labute approximate surface area is 173 Å². The average Bonchev–Trinajstić information content (AvgIpc) is 3.11. The van der Waals surface area contributed by atoms with Crippen molar-refractivity contribution in [2.45, 2.75) is 45.1 Å². The molecule has 8 nitrogen and oxygen atoms in total. The number of aromatic nitrogens is 2. The van der Waals surface area contributed by atoms with Crippen LogP contribution in [-0.2, 0) is 16.0 Å². The third-order valence-corrected chi connectivity index (χ3v) is 6.67. The van der Waals surface area contributed by atoms with Crippen molar-refractivity contribution in [3.8, 4) is 11.5 Å². The van der Waals surface area contributed by atoms with Crippen LogP contribution < -0.4 is 10.6 Å². The topological polar surface area (TPSA) is 100 Å². The highest BCUT2D eigenvalue weighted by molar-refractivity contribution is 6.32. The van der Waals surface area contributed by atoms with Crippen LogP contribution in [-0.4, -0.2) is 46.0 Å². The van der Waals surface area contributed by atoms with Gasteiger partial charge < -0.3 is 20.0 Å². The fraction of sp³-hybridized carbons (Fsp3) is 0.500. The second-order valence-electron chi connectivity index (χ2n) is 8.28. The zero-order valence-electron chi connectivity index (χ0n) is 16.1. The minimum atomic E-state index is -0.466. The fourth-order valence-electron chi connectivity index (χ4n) is 4.25. The van der Waals surface area contributed by atoms with Crippen LogP contribution in [0.5, 0.6) is 0 Å². The number of fused-ring (bicyclic) bond motifs is 1. The van der Waals surface area contributed by atoms with E-state index in [0.29, 0.717) is 21.7 Å². The number of halogens is 1. The summed E-state index contributed by atoms with van der Waals surface area (Å²) >= 11 is 6.19. The predicted octanol–water partition coefficient (Wildman–Crippen LogP) is 3.09. The number of nitrogens with zero attached hydrogens (tertiary/aromatic N) is 3. The molecule has 0 radical (unpaired) electrons. The van der Waals surface area contributed by atoms with E-state index in [4.69, 9.17) is 16.0 Å². The number of hydrogen-bond acceptors (Lipinski definition) is 6. The number of rotatable bonds is 4. The number of likely N-dealkylation sites (tertiary alicyclic amines) is 1. The Hall–Kier alpha value is -2.61. The Morgan fingerprint density at radius 2 is 2.03 bits per heavy atom. The monoisotopic (exact) mass is 415 g/mol. The number of piperidine rings is 1. The molecular weight excluding hydrogens is 394 g/mol. The molecule has 1 aliphatic carbocycles. The Bertz CT molecular complexity index is 990. The lowest BCUT2D eigenvalue weighted by Gasteiger charge is -2.33. The Kier molecular flexibility index (Phi) is 4.27. The van der Waals surface area contributed by atoms with E-state index in [1.165, 1.54) is 12.8 Å². The smallest absolute Gasteiger partial charge is 0.316 e. The molecule has 1 saturated heterocycles. The summed E-state index contributed by atoms with van der Waals surface area (Å²) in [7, 11) is 0. The van der Waals surface area contributed by atoms with Gasteiger partial charge in [0.25, 0.3) is 5.89 Å². The molecule has 2 amide bonds. The maximum Gasteiger partial charge on any atom is 0.316 e. The van der Waals surface area contributed by atoms with E-state index in [9.17, 15) is 9.59 Å². The Morgan fingerprint density at radius 3 is 2.76 bits per heavy atom. The first kappa shape index (κ1) is 18.4. The number of amides is 2. The molecule has 2 aliphatic heterocycles. The molecule has 2 aromatic rings. The minimum Gasteiger partial charge on any atom is -0.403 e. The number of anilines is 2. The molecule has 1 aromatic heterocycles. The summed E-state index contributed by atoms with van der Waals surface area (Å²) in [6.45, 7) is 3.43. The highest BCUT2D eigenvalue weighted by atomic mass is 35.5. The summed E-state index contributed by atoms with van der Waals surface area (Å²) in [5, 5.41) is 14.4. The Balaban J connectivity index is 1.28. The molecule has 1 unspecified atom stereocenters. The molecule has 2 fully saturated rings. The van der Waals surface area contributed by atoms with Gasteiger partial charge in [0, 0.05) is 23.7 Å². The molecule has 152 valence electrons. The maximum atomic E-state index is 12.7. The molecule has 29 heavy (non-hydrogen) atoms. The van der Waals surface area contributed by atoms with E-state index in [1.807, 2.05) is 4.90 Å². The van der Waals surface area contributed by atoms with Crippen molar-refractivity contribution in [2.24, 2.45) is 5.41 Å². The van der Waals surface area contributed by atoms with Crippen LogP contribution in [0.4, 0.5) is 11.7 Å². The fourth-order valence-corrected chi connectivity index (χ4v) is 4.47. The van der Waals surface area contributed by atoms with Crippen LogP contribution in [0, 0.1) is 5.41 Å². The van der Waals surface area contributed by atoms with Gasteiger partial charge >= 0.3 is 6.01 Å². The summed E-state index contributed by atoms with van der Waals surface area (Å²) in [5.74, 6) is 0.178. The largest absolute Gasteiger partial charge is 0.403 e. The predicted molar refractivity (Wildman–Crippen MR) is 108 cm³/mol. The van der Waals surface area contributed by atoms with Crippen molar-refractivity contribution in [3.05, 3.63) is 22.7 Å². The molecule has 5 rings (SSSR count). The van der Waals surface area contributed by atoms with E-state index < -0.39 is 6.04 Å². The SMILES string of the molecule is CC(Nc1nnc(-c2ccc(Cl)c3c2NC(=O)C3)o1)C(=O)N1CCC2(CC1)CC2. The molecular formula is C20H22ClN5O3. The average molecular weight is 416 g/mol. The number of nitrogens with one attached hydrogen (secondary N) is 2. The van der Waals surface area contributed by atoms with E-state index in [-0.39, 0.29) is 30.1 Å². The minimum absolute atomic E-state index is 0.0416. The van der Waals surface area contributed by atoms with Crippen molar-refractivity contribution in [3.63, 3.8) is 0 Å². The van der Waals surface area contributed by atoms with Crippen LogP contribution >= 0.6 is 11.6 Å². The number of carbonyl (C=O) groups is 2. The van der Waals surface area contributed by atoms with Crippen LogP contribution in [0.15, 0.2) is 16.5 Å². The van der Waals surface area contributed by atoms with Gasteiger partial charge in [-0.05, 0) is 50.2 Å². The van der Waals surface area contributed by atoms with Crippen molar-refractivity contribution in [1.82, 2.24) is 15.1 Å². The van der Waals surface area contributed by atoms with E-state index >= 15 is 0 Å². The quantitative estimate of drug-likeness (QED) is 0.795. The highest BCUT2D eigenvalue weighted by Crippen LogP contribution is 2.53. The van der Waals surface area contributed by atoms with E-state index in [2.05, 4.69) is 20.8 Å². The summed E-state index contributed by atoms with van der Waals surface area (Å²) in [6, 6.07) is 3.15. The lowest BCUT2D eigenvalue weighted by atomic mass is 9.93. The third-order valence-electron chi connectivity index (χ3n) is 6.32. The van der Waals surface area contributed by atoms with Gasteiger partial charge in [-0.3, -0.25) is 9.59 Å². The number of benzene rings is 1. The van der Waals surface area contributed by atoms with Crippen LogP contribution in [0.2, 0.25) is 5.02 Å². The number of carbonyl (C=O) groups excluding carboxylic acids is 2. The van der Waals surface area contributed by atoms with E-state index in [1.54, 1.807) is 19.1 Å². The molecule has 1 saturated carbocycles. The molecule has 2 N–H and O–H groups in total. The summed E-state index contributed by atoms with van der Waals surface area (Å²) < 4.78 is 5.72. The third kappa shape index (κ3) is 3.35. The van der Waals surface area contributed by atoms with Gasteiger partial charge in [0.2, 0.25) is 11.8 Å². The van der Waals surface area contributed by atoms with Crippen molar-refractivity contribution >= 4 is 35.1 Å². The molecule has 1 aromatic carbocycles. The standard InChI is InChI=1S/C20H22ClN5O3/c1-11(18(28)26-8-6-20(4-5-20)7-9-26)22-19-25-24-17(29-19)12-2-3-14(21)13-10-15(27)23-16(12)13/h2-3,11H,4-10H2,1H3,(H,22,25)(H,23,27). The van der Waals surface area contributed by atoms with Crippen molar-refractivity contribution in [2.75, 3.05) is 23.7 Å². The van der Waals surface area contributed by atoms with Crippen LogP contribution in [0.1, 0.15) is 38.2 Å². The zero-order valence-corrected chi connectivity index (χ0v) is 16.9. The molecule has 1 spiro atoms. The molecule has 3 aliphatic rings. The van der Waals surface area contributed by atoms with Gasteiger partial charge in [-0.2, -0.15) is 0 Å². The molecule has 1 atom stereocenters. The van der Waals surface area contributed by atoms with Gasteiger partial charge in [0.05, 0.1) is 17.7 Å². The van der Waals surface area contributed by atoms with Gasteiger partial charge in [0.15, 0.2) is 0 Å². The first-order valence-corrected chi connectivity index (χ1v) is 10.3. The van der Waals surface area contributed by atoms with Gasteiger partial charge in [-0.1, -0.05) is 16.7 Å². The normalized spacial score (nSPS) is 20.3.